The third-order valence-corrected chi connectivity index (χ3v) is 5.42. The smallest absolute Gasteiger partial charge is 0.223 e. The number of nitrogens with one attached hydrogen (secondary N) is 1. The second kappa shape index (κ2) is 8.70. The van der Waals surface area contributed by atoms with Gasteiger partial charge in [-0.2, -0.15) is 0 Å². The fourth-order valence-electron chi connectivity index (χ4n) is 3.52. The second-order valence-corrected chi connectivity index (χ2v) is 7.76. The maximum atomic E-state index is 12.6. The van der Waals surface area contributed by atoms with Crippen molar-refractivity contribution in [2.45, 2.75) is 39.3 Å². The molecule has 0 aliphatic carbocycles. The molecule has 1 heterocycles. The standard InChI is InChI=1S/C22H27ClN2O/c1-16-6-8-19(9-7-16)17(2)24-22(26)20-10-12-25(13-11-20)15-18-4-3-5-21(23)14-18/h3-9,14,17,20H,10-13,15H2,1-2H3,(H,24,26)/t17-/m1/s1. The van der Waals surface area contributed by atoms with Crippen LogP contribution in [0.4, 0.5) is 0 Å². The van der Waals surface area contributed by atoms with Gasteiger partial charge in [0.15, 0.2) is 0 Å². The number of hydrogen-bond acceptors (Lipinski definition) is 2. The number of carbonyl (C=O) groups is 1. The van der Waals surface area contributed by atoms with Crippen molar-refractivity contribution in [1.82, 2.24) is 10.2 Å². The lowest BCUT2D eigenvalue weighted by atomic mass is 9.94. The van der Waals surface area contributed by atoms with Gasteiger partial charge in [0.25, 0.3) is 0 Å². The summed E-state index contributed by atoms with van der Waals surface area (Å²) in [4.78, 5) is 15.0. The van der Waals surface area contributed by atoms with Crippen molar-refractivity contribution in [3.05, 3.63) is 70.2 Å². The van der Waals surface area contributed by atoms with E-state index >= 15 is 0 Å². The minimum atomic E-state index is 0.0487. The van der Waals surface area contributed by atoms with Gasteiger partial charge in [-0.15, -0.1) is 0 Å². The Hall–Kier alpha value is -1.84. The summed E-state index contributed by atoms with van der Waals surface area (Å²) < 4.78 is 0. The van der Waals surface area contributed by atoms with Crippen molar-refractivity contribution in [1.29, 1.82) is 0 Å². The molecule has 0 bridgehead atoms. The van der Waals surface area contributed by atoms with E-state index < -0.39 is 0 Å². The first-order valence-electron chi connectivity index (χ1n) is 9.35. The lowest BCUT2D eigenvalue weighted by Gasteiger charge is -2.32. The molecule has 138 valence electrons. The number of halogens is 1. The number of hydrogen-bond donors (Lipinski definition) is 1. The molecule has 26 heavy (non-hydrogen) atoms. The highest BCUT2D eigenvalue weighted by Crippen LogP contribution is 2.22. The molecule has 1 N–H and O–H groups in total. The number of nitrogens with zero attached hydrogens (tertiary/aromatic N) is 1. The van der Waals surface area contributed by atoms with Crippen LogP contribution >= 0.6 is 11.6 Å². The van der Waals surface area contributed by atoms with Gasteiger partial charge in [0.2, 0.25) is 5.91 Å². The monoisotopic (exact) mass is 370 g/mol. The molecule has 1 aliphatic rings. The van der Waals surface area contributed by atoms with Crippen LogP contribution < -0.4 is 5.32 Å². The molecule has 2 aromatic rings. The lowest BCUT2D eigenvalue weighted by Crippen LogP contribution is -2.40. The fourth-order valence-corrected chi connectivity index (χ4v) is 3.73. The molecule has 1 amide bonds. The van der Waals surface area contributed by atoms with Crippen LogP contribution in [0.1, 0.15) is 42.5 Å². The second-order valence-electron chi connectivity index (χ2n) is 7.32. The first-order chi connectivity index (χ1) is 12.5. The number of carbonyl (C=O) groups excluding carboxylic acids is 1. The van der Waals surface area contributed by atoms with Crippen molar-refractivity contribution < 1.29 is 4.79 Å². The van der Waals surface area contributed by atoms with Crippen LogP contribution in [0.5, 0.6) is 0 Å². The Balaban J connectivity index is 1.48. The summed E-state index contributed by atoms with van der Waals surface area (Å²) >= 11 is 6.06. The summed E-state index contributed by atoms with van der Waals surface area (Å²) in [6.45, 7) is 6.92. The van der Waals surface area contributed by atoms with Gasteiger partial charge >= 0.3 is 0 Å². The molecule has 4 heteroatoms. The molecule has 0 spiro atoms. The maximum absolute atomic E-state index is 12.6. The lowest BCUT2D eigenvalue weighted by molar-refractivity contribution is -0.127. The van der Waals surface area contributed by atoms with Crippen LogP contribution in [-0.2, 0) is 11.3 Å². The third-order valence-electron chi connectivity index (χ3n) is 5.19. The van der Waals surface area contributed by atoms with Crippen LogP contribution in [0.25, 0.3) is 0 Å². The van der Waals surface area contributed by atoms with Crippen molar-refractivity contribution in [2.75, 3.05) is 13.1 Å². The molecule has 1 aliphatic heterocycles. The van der Waals surface area contributed by atoms with E-state index in [-0.39, 0.29) is 17.9 Å². The summed E-state index contributed by atoms with van der Waals surface area (Å²) in [6.07, 6.45) is 1.82. The highest BCUT2D eigenvalue weighted by molar-refractivity contribution is 6.30. The zero-order valence-corrected chi connectivity index (χ0v) is 16.3. The van der Waals surface area contributed by atoms with E-state index in [9.17, 15) is 4.79 Å². The number of benzene rings is 2. The van der Waals surface area contributed by atoms with Crippen molar-refractivity contribution in [3.8, 4) is 0 Å². The number of likely N-dealkylation sites (tertiary alicyclic amines) is 1. The average Bonchev–Trinajstić information content (AvgIpc) is 2.63. The molecule has 0 saturated carbocycles. The van der Waals surface area contributed by atoms with Gasteiger partial charge in [-0.1, -0.05) is 53.6 Å². The molecule has 0 radical (unpaired) electrons. The Kier molecular flexibility index (Phi) is 6.33. The summed E-state index contributed by atoms with van der Waals surface area (Å²) in [5.74, 6) is 0.291. The van der Waals surface area contributed by atoms with E-state index in [1.165, 1.54) is 11.1 Å². The van der Waals surface area contributed by atoms with Crippen LogP contribution in [0.3, 0.4) is 0 Å². The van der Waals surface area contributed by atoms with Gasteiger partial charge in [-0.05, 0) is 63.0 Å². The molecular weight excluding hydrogens is 344 g/mol. The van der Waals surface area contributed by atoms with Gasteiger partial charge in [0, 0.05) is 17.5 Å². The van der Waals surface area contributed by atoms with Crippen molar-refractivity contribution in [2.24, 2.45) is 5.92 Å². The molecule has 2 aromatic carbocycles. The maximum Gasteiger partial charge on any atom is 0.223 e. The van der Waals surface area contributed by atoms with Crippen molar-refractivity contribution >= 4 is 17.5 Å². The van der Waals surface area contributed by atoms with Crippen LogP contribution in [-0.4, -0.2) is 23.9 Å². The van der Waals surface area contributed by atoms with Gasteiger partial charge in [-0.3, -0.25) is 9.69 Å². The quantitative estimate of drug-likeness (QED) is 0.824. The molecular formula is C22H27ClN2O. The molecule has 0 unspecified atom stereocenters. The zero-order chi connectivity index (χ0) is 18.5. The largest absolute Gasteiger partial charge is 0.349 e. The summed E-state index contributed by atoms with van der Waals surface area (Å²) in [6, 6.07) is 16.4. The Morgan fingerprint density at radius 3 is 2.54 bits per heavy atom. The fraction of sp³-hybridized carbons (Fsp3) is 0.409. The molecule has 1 saturated heterocycles. The third kappa shape index (κ3) is 5.09. The van der Waals surface area contributed by atoms with Gasteiger partial charge < -0.3 is 5.32 Å². The van der Waals surface area contributed by atoms with Gasteiger partial charge in [0.05, 0.1) is 6.04 Å². The molecule has 0 aromatic heterocycles. The van der Waals surface area contributed by atoms with Gasteiger partial charge in [0.1, 0.15) is 0 Å². The minimum absolute atomic E-state index is 0.0487. The highest BCUT2D eigenvalue weighted by Gasteiger charge is 2.26. The highest BCUT2D eigenvalue weighted by atomic mass is 35.5. The Morgan fingerprint density at radius 2 is 1.88 bits per heavy atom. The van der Waals surface area contributed by atoms with Crippen LogP contribution in [0.15, 0.2) is 48.5 Å². The van der Waals surface area contributed by atoms with E-state index in [2.05, 4.69) is 54.4 Å². The first-order valence-corrected chi connectivity index (χ1v) is 9.73. The number of rotatable bonds is 5. The van der Waals surface area contributed by atoms with E-state index in [0.29, 0.717) is 0 Å². The van der Waals surface area contributed by atoms with E-state index in [4.69, 9.17) is 11.6 Å². The summed E-state index contributed by atoms with van der Waals surface area (Å²) in [7, 11) is 0. The molecule has 3 rings (SSSR count). The number of aryl methyl sites for hydroxylation is 1. The molecule has 3 nitrogen and oxygen atoms in total. The number of amides is 1. The molecule has 1 atom stereocenters. The Labute approximate surface area is 161 Å². The van der Waals surface area contributed by atoms with E-state index in [1.54, 1.807) is 0 Å². The SMILES string of the molecule is Cc1ccc([C@@H](C)NC(=O)C2CCN(Cc3cccc(Cl)c3)CC2)cc1. The van der Waals surface area contributed by atoms with E-state index in [0.717, 1.165) is 43.1 Å². The molecule has 1 fully saturated rings. The van der Waals surface area contributed by atoms with Crippen LogP contribution in [0, 0.1) is 12.8 Å². The summed E-state index contributed by atoms with van der Waals surface area (Å²) in [5.41, 5.74) is 3.62. The van der Waals surface area contributed by atoms with Gasteiger partial charge in [-0.25, -0.2) is 0 Å². The zero-order valence-electron chi connectivity index (χ0n) is 15.5. The normalized spacial score (nSPS) is 17.0. The van der Waals surface area contributed by atoms with Crippen LogP contribution in [0.2, 0.25) is 5.02 Å². The van der Waals surface area contributed by atoms with E-state index in [1.807, 2.05) is 18.2 Å². The number of piperidine rings is 1. The average molecular weight is 371 g/mol. The first kappa shape index (κ1) is 18.9. The predicted octanol–water partition coefficient (Wildman–Crippen LogP) is 4.74. The van der Waals surface area contributed by atoms with Crippen molar-refractivity contribution in [3.63, 3.8) is 0 Å². The Morgan fingerprint density at radius 1 is 1.19 bits per heavy atom. The predicted molar refractivity (Wildman–Crippen MR) is 107 cm³/mol. The Bertz CT molecular complexity index is 736. The summed E-state index contributed by atoms with van der Waals surface area (Å²) in [5, 5.41) is 3.96. The minimum Gasteiger partial charge on any atom is -0.349 e. The topological polar surface area (TPSA) is 32.3 Å².